The molecule has 0 bridgehead atoms. The van der Waals surface area contributed by atoms with Crippen LogP contribution in [0.4, 0.5) is 5.69 Å². The molecule has 0 spiro atoms. The van der Waals surface area contributed by atoms with Crippen molar-refractivity contribution >= 4 is 11.6 Å². The first-order valence-electron chi connectivity index (χ1n) is 13.6. The molecule has 36 heavy (non-hydrogen) atoms. The molecule has 1 aromatic heterocycles. The first kappa shape index (κ1) is 24.7. The molecule has 2 aliphatic rings. The third-order valence-corrected chi connectivity index (χ3v) is 8.39. The van der Waals surface area contributed by atoms with Crippen molar-refractivity contribution < 1.29 is 9.21 Å². The quantitative estimate of drug-likeness (QED) is 0.395. The molecule has 0 saturated heterocycles. The number of anilines is 1. The summed E-state index contributed by atoms with van der Waals surface area (Å²) in [6.07, 6.45) is 9.47. The molecule has 190 valence electrons. The highest BCUT2D eigenvalue weighted by Crippen LogP contribution is 2.46. The fraction of sp³-hybridized carbons (Fsp3) is 0.516. The van der Waals surface area contributed by atoms with Crippen molar-refractivity contribution in [1.29, 1.82) is 0 Å². The van der Waals surface area contributed by atoms with Gasteiger partial charge < -0.3 is 9.73 Å². The fourth-order valence-corrected chi connectivity index (χ4v) is 5.81. The summed E-state index contributed by atoms with van der Waals surface area (Å²) in [5, 5.41) is 11.8. The highest BCUT2D eigenvalue weighted by Gasteiger charge is 2.37. The zero-order valence-corrected chi connectivity index (χ0v) is 22.2. The molecule has 1 heterocycles. The Hall–Kier alpha value is -2.95. The van der Waals surface area contributed by atoms with Crippen LogP contribution in [-0.2, 0) is 28.5 Å². The first-order valence-corrected chi connectivity index (χ1v) is 13.6. The lowest BCUT2D eigenvalue weighted by atomic mass is 9.63. The van der Waals surface area contributed by atoms with Gasteiger partial charge in [0.1, 0.15) is 0 Å². The first-order chi connectivity index (χ1) is 17.2. The van der Waals surface area contributed by atoms with E-state index in [1.165, 1.54) is 36.0 Å². The van der Waals surface area contributed by atoms with Crippen molar-refractivity contribution in [3.8, 4) is 11.5 Å². The van der Waals surface area contributed by atoms with Crippen LogP contribution in [0.15, 0.2) is 46.9 Å². The average molecular weight is 486 g/mol. The van der Waals surface area contributed by atoms with Crippen molar-refractivity contribution in [2.24, 2.45) is 5.92 Å². The molecule has 1 fully saturated rings. The zero-order chi connectivity index (χ0) is 25.3. The Morgan fingerprint density at radius 3 is 2.31 bits per heavy atom. The van der Waals surface area contributed by atoms with Gasteiger partial charge in [-0.3, -0.25) is 4.79 Å². The highest BCUT2D eigenvalue weighted by molar-refractivity contribution is 5.92. The molecule has 1 saturated carbocycles. The molecule has 2 aliphatic carbocycles. The molecule has 5 nitrogen and oxygen atoms in total. The van der Waals surface area contributed by atoms with E-state index < -0.39 is 0 Å². The number of nitrogens with zero attached hydrogens (tertiary/aromatic N) is 2. The monoisotopic (exact) mass is 485 g/mol. The van der Waals surface area contributed by atoms with Gasteiger partial charge in [0.25, 0.3) is 0 Å². The molecule has 0 aliphatic heterocycles. The van der Waals surface area contributed by atoms with Crippen molar-refractivity contribution in [2.45, 2.75) is 96.3 Å². The number of benzene rings is 2. The van der Waals surface area contributed by atoms with E-state index >= 15 is 0 Å². The minimum Gasteiger partial charge on any atom is -0.421 e. The molecule has 5 heteroatoms. The minimum absolute atomic E-state index is 0.145. The van der Waals surface area contributed by atoms with Gasteiger partial charge in [-0.05, 0) is 83.9 Å². The standard InChI is InChI=1S/C31H39N3O2/c1-30(2)18-19-31(3,4)26-20-23(13-16-25(26)30)29-34-33-27(36-29)17-12-21-10-14-24(15-11-21)32-28(35)22-8-6-5-7-9-22/h10-11,13-16,20,22H,5-9,12,17-19H2,1-4H3,(H,32,35). The van der Waals surface area contributed by atoms with Gasteiger partial charge in [0.15, 0.2) is 0 Å². The van der Waals surface area contributed by atoms with Crippen molar-refractivity contribution in [3.63, 3.8) is 0 Å². The predicted octanol–water partition coefficient (Wildman–Crippen LogP) is 7.39. The minimum atomic E-state index is 0.145. The van der Waals surface area contributed by atoms with E-state index in [9.17, 15) is 4.79 Å². The topological polar surface area (TPSA) is 68.0 Å². The van der Waals surface area contributed by atoms with Crippen molar-refractivity contribution in [3.05, 3.63) is 65.0 Å². The normalized spacial score (nSPS) is 19.0. The van der Waals surface area contributed by atoms with E-state index in [0.29, 0.717) is 18.2 Å². The lowest BCUT2D eigenvalue weighted by Crippen LogP contribution is -2.33. The summed E-state index contributed by atoms with van der Waals surface area (Å²) in [7, 11) is 0. The molecule has 0 unspecified atom stereocenters. The molecule has 0 atom stereocenters. The van der Waals surface area contributed by atoms with Gasteiger partial charge >= 0.3 is 0 Å². The number of rotatable bonds is 6. The SMILES string of the molecule is CC1(C)CCC(C)(C)c2cc(-c3nnc(CCc4ccc(NC(=O)C5CCCCC5)cc4)o3)ccc21. The van der Waals surface area contributed by atoms with E-state index in [-0.39, 0.29) is 22.7 Å². The number of hydrogen-bond donors (Lipinski definition) is 1. The molecule has 0 radical (unpaired) electrons. The second-order valence-electron chi connectivity index (χ2n) is 12.1. The van der Waals surface area contributed by atoms with Crippen LogP contribution in [0.2, 0.25) is 0 Å². The van der Waals surface area contributed by atoms with Gasteiger partial charge in [0, 0.05) is 23.6 Å². The second kappa shape index (κ2) is 9.84. The van der Waals surface area contributed by atoms with Crippen LogP contribution in [0.1, 0.15) is 95.2 Å². The van der Waals surface area contributed by atoms with Crippen LogP contribution in [0.25, 0.3) is 11.5 Å². The van der Waals surface area contributed by atoms with Crippen LogP contribution < -0.4 is 5.32 Å². The van der Waals surface area contributed by atoms with Gasteiger partial charge in [0.05, 0.1) is 0 Å². The summed E-state index contributed by atoms with van der Waals surface area (Å²) in [5.74, 6) is 1.57. The smallest absolute Gasteiger partial charge is 0.247 e. The summed E-state index contributed by atoms with van der Waals surface area (Å²) in [4.78, 5) is 12.5. The van der Waals surface area contributed by atoms with E-state index in [0.717, 1.165) is 43.4 Å². The molecular weight excluding hydrogens is 446 g/mol. The number of carbonyl (C=O) groups excluding carboxylic acids is 1. The number of carbonyl (C=O) groups is 1. The summed E-state index contributed by atoms with van der Waals surface area (Å²) >= 11 is 0. The van der Waals surface area contributed by atoms with Crippen LogP contribution in [0.5, 0.6) is 0 Å². The van der Waals surface area contributed by atoms with E-state index in [2.05, 4.69) is 73.5 Å². The number of fused-ring (bicyclic) bond motifs is 1. The number of amides is 1. The van der Waals surface area contributed by atoms with Crippen LogP contribution >= 0.6 is 0 Å². The Bertz CT molecular complexity index is 1220. The van der Waals surface area contributed by atoms with E-state index in [1.807, 2.05) is 12.1 Å². The average Bonchev–Trinajstić information content (AvgIpc) is 3.36. The lowest BCUT2D eigenvalue weighted by Gasteiger charge is -2.41. The zero-order valence-electron chi connectivity index (χ0n) is 22.2. The largest absolute Gasteiger partial charge is 0.421 e. The number of hydrogen-bond acceptors (Lipinski definition) is 4. The summed E-state index contributed by atoms with van der Waals surface area (Å²) in [6.45, 7) is 9.33. The number of aryl methyl sites for hydroxylation is 2. The maximum atomic E-state index is 12.5. The molecule has 1 N–H and O–H groups in total. The maximum Gasteiger partial charge on any atom is 0.247 e. The van der Waals surface area contributed by atoms with Gasteiger partial charge in [-0.15, -0.1) is 10.2 Å². The van der Waals surface area contributed by atoms with E-state index in [1.54, 1.807) is 0 Å². The van der Waals surface area contributed by atoms with Crippen LogP contribution in [0, 0.1) is 5.92 Å². The van der Waals surface area contributed by atoms with Gasteiger partial charge in [0.2, 0.25) is 17.7 Å². The Morgan fingerprint density at radius 1 is 0.889 bits per heavy atom. The predicted molar refractivity (Wildman–Crippen MR) is 144 cm³/mol. The Kier molecular flexibility index (Phi) is 6.76. The third kappa shape index (κ3) is 5.25. The molecule has 1 amide bonds. The molecular formula is C31H39N3O2. The van der Waals surface area contributed by atoms with E-state index in [4.69, 9.17) is 4.42 Å². The second-order valence-corrected chi connectivity index (χ2v) is 12.1. The fourth-order valence-electron chi connectivity index (χ4n) is 5.81. The van der Waals surface area contributed by atoms with Gasteiger partial charge in [-0.25, -0.2) is 0 Å². The molecule has 3 aromatic rings. The van der Waals surface area contributed by atoms with Crippen LogP contribution in [0.3, 0.4) is 0 Å². The van der Waals surface area contributed by atoms with Crippen LogP contribution in [-0.4, -0.2) is 16.1 Å². The Morgan fingerprint density at radius 2 is 1.58 bits per heavy atom. The Labute approximate surface area is 215 Å². The Balaban J connectivity index is 1.21. The third-order valence-electron chi connectivity index (χ3n) is 8.39. The summed E-state index contributed by atoms with van der Waals surface area (Å²) in [6, 6.07) is 14.8. The van der Waals surface area contributed by atoms with Gasteiger partial charge in [-0.2, -0.15) is 0 Å². The molecule has 5 rings (SSSR count). The summed E-state index contributed by atoms with van der Waals surface area (Å²) in [5.41, 5.74) is 6.21. The highest BCUT2D eigenvalue weighted by atomic mass is 16.4. The molecule has 2 aromatic carbocycles. The number of aromatic nitrogens is 2. The van der Waals surface area contributed by atoms with Crippen molar-refractivity contribution in [1.82, 2.24) is 10.2 Å². The maximum absolute atomic E-state index is 12.5. The lowest BCUT2D eigenvalue weighted by molar-refractivity contribution is -0.120. The summed E-state index contributed by atoms with van der Waals surface area (Å²) < 4.78 is 6.07. The number of nitrogens with one attached hydrogen (secondary N) is 1. The van der Waals surface area contributed by atoms with Crippen molar-refractivity contribution in [2.75, 3.05) is 5.32 Å². The van der Waals surface area contributed by atoms with Gasteiger partial charge in [-0.1, -0.05) is 65.2 Å².